The van der Waals surface area contributed by atoms with Crippen LogP contribution in [0, 0.1) is 0 Å². The smallest absolute Gasteiger partial charge is 0.326 e. The lowest BCUT2D eigenvalue weighted by atomic mass is 9.95. The molecule has 0 aliphatic heterocycles. The van der Waals surface area contributed by atoms with Crippen LogP contribution >= 0.6 is 12.6 Å². The molecule has 0 fully saturated rings. The van der Waals surface area contributed by atoms with Crippen molar-refractivity contribution >= 4 is 35.4 Å². The van der Waals surface area contributed by atoms with Crippen molar-refractivity contribution in [2.45, 2.75) is 18.4 Å². The molecule has 3 aromatic carbocycles. The summed E-state index contributed by atoms with van der Waals surface area (Å²) in [5, 5.41) is 13.4. The summed E-state index contributed by atoms with van der Waals surface area (Å²) in [5.41, 5.74) is 4.63. The van der Waals surface area contributed by atoms with Crippen molar-refractivity contribution in [3.63, 3.8) is 0 Å². The zero-order valence-electron chi connectivity index (χ0n) is 17.4. The Morgan fingerprint density at radius 3 is 2.41 bits per heavy atom. The molecule has 2 atom stereocenters. The summed E-state index contributed by atoms with van der Waals surface area (Å²) in [5.74, 6) is -1.72. The van der Waals surface area contributed by atoms with Gasteiger partial charge in [-0.2, -0.15) is 12.6 Å². The molecule has 0 aliphatic carbocycles. The summed E-state index contributed by atoms with van der Waals surface area (Å²) in [6.07, 6.45) is 1.99. The quantitative estimate of drug-likeness (QED) is 0.298. The Kier molecular flexibility index (Phi) is 6.61. The van der Waals surface area contributed by atoms with Crippen LogP contribution in [0.5, 0.6) is 0 Å². The van der Waals surface area contributed by atoms with Crippen LogP contribution in [0.3, 0.4) is 0 Å². The summed E-state index contributed by atoms with van der Waals surface area (Å²) in [6.45, 7) is 0. The van der Waals surface area contributed by atoms with Gasteiger partial charge in [0, 0.05) is 29.3 Å². The number of fused-ring (bicyclic) bond motifs is 1. The lowest BCUT2D eigenvalue weighted by Crippen LogP contribution is -2.44. The number of aromatic nitrogens is 1. The molecule has 3 N–H and O–H groups in total. The number of aromatic amines is 1. The van der Waals surface area contributed by atoms with E-state index in [4.69, 9.17) is 0 Å². The van der Waals surface area contributed by atoms with Crippen molar-refractivity contribution < 1.29 is 14.7 Å². The number of carboxylic acids is 1. The zero-order chi connectivity index (χ0) is 22.5. The summed E-state index contributed by atoms with van der Waals surface area (Å²) in [6, 6.07) is 24.3. The summed E-state index contributed by atoms with van der Waals surface area (Å²) >= 11 is 4.39. The minimum Gasteiger partial charge on any atom is -0.480 e. The number of aliphatic carboxylic acids is 1. The predicted molar refractivity (Wildman–Crippen MR) is 130 cm³/mol. The Bertz CT molecular complexity index is 1240. The third-order valence-electron chi connectivity index (χ3n) is 5.61. The van der Waals surface area contributed by atoms with Gasteiger partial charge in [-0.3, -0.25) is 4.79 Å². The van der Waals surface area contributed by atoms with Gasteiger partial charge in [-0.15, -0.1) is 0 Å². The van der Waals surface area contributed by atoms with E-state index in [0.29, 0.717) is 0 Å². The normalized spacial score (nSPS) is 12.9. The van der Waals surface area contributed by atoms with Crippen molar-refractivity contribution in [2.24, 2.45) is 0 Å². The van der Waals surface area contributed by atoms with E-state index in [2.05, 4.69) is 22.9 Å². The highest BCUT2D eigenvalue weighted by molar-refractivity contribution is 7.80. The van der Waals surface area contributed by atoms with E-state index in [-0.39, 0.29) is 18.1 Å². The number of benzene rings is 3. The van der Waals surface area contributed by atoms with Crippen LogP contribution in [0.15, 0.2) is 85.1 Å². The molecule has 0 aliphatic rings. The average molecular weight is 445 g/mol. The maximum atomic E-state index is 13.1. The van der Waals surface area contributed by atoms with Crippen LogP contribution in [0.1, 0.15) is 17.0 Å². The molecule has 0 radical (unpaired) electrons. The number of carboxylic acid groups (broad SMARTS) is 1. The van der Waals surface area contributed by atoms with Gasteiger partial charge in [0.25, 0.3) is 0 Å². The lowest BCUT2D eigenvalue weighted by Gasteiger charge is -2.20. The number of rotatable bonds is 8. The van der Waals surface area contributed by atoms with Gasteiger partial charge >= 0.3 is 5.97 Å². The Labute approximate surface area is 191 Å². The van der Waals surface area contributed by atoms with Crippen LogP contribution in [-0.4, -0.2) is 33.8 Å². The number of hydrogen-bond acceptors (Lipinski definition) is 3. The van der Waals surface area contributed by atoms with E-state index in [1.54, 1.807) is 6.20 Å². The molecule has 1 amide bonds. The van der Waals surface area contributed by atoms with Crippen molar-refractivity contribution in [3.8, 4) is 11.1 Å². The molecular formula is C26H24N2O3S. The van der Waals surface area contributed by atoms with Gasteiger partial charge in [0.2, 0.25) is 5.91 Å². The lowest BCUT2D eigenvalue weighted by molar-refractivity contribution is -0.141. The van der Waals surface area contributed by atoms with Crippen LogP contribution in [0.25, 0.3) is 22.0 Å². The van der Waals surface area contributed by atoms with Crippen LogP contribution < -0.4 is 5.32 Å². The topological polar surface area (TPSA) is 82.2 Å². The SMILES string of the molecule is O=C(O)C(Cc1c[nH]c2ccccc12)NC(=O)C(CS)c1cccc(-c2ccccc2)c1. The second-order valence-corrected chi connectivity index (χ2v) is 8.05. The zero-order valence-corrected chi connectivity index (χ0v) is 18.3. The molecule has 5 nitrogen and oxygen atoms in total. The van der Waals surface area contributed by atoms with E-state index in [9.17, 15) is 14.7 Å². The molecule has 0 saturated heterocycles. The number of nitrogens with one attached hydrogen (secondary N) is 2. The summed E-state index contributed by atoms with van der Waals surface area (Å²) < 4.78 is 0. The molecule has 32 heavy (non-hydrogen) atoms. The molecule has 0 saturated carbocycles. The van der Waals surface area contributed by atoms with Crippen molar-refractivity contribution in [1.82, 2.24) is 10.3 Å². The molecule has 1 heterocycles. The van der Waals surface area contributed by atoms with Crippen molar-refractivity contribution in [2.75, 3.05) is 5.75 Å². The molecule has 6 heteroatoms. The predicted octanol–water partition coefficient (Wildman–Crippen LogP) is 4.66. The summed E-state index contributed by atoms with van der Waals surface area (Å²) in [4.78, 5) is 28.2. The number of carbonyl (C=O) groups is 2. The minimum absolute atomic E-state index is 0.189. The first-order valence-electron chi connectivity index (χ1n) is 10.4. The third kappa shape index (κ3) is 4.70. The number of hydrogen-bond donors (Lipinski definition) is 4. The van der Waals surface area contributed by atoms with Gasteiger partial charge < -0.3 is 15.4 Å². The molecule has 162 valence electrons. The molecule has 4 aromatic rings. The molecule has 1 aromatic heterocycles. The second kappa shape index (κ2) is 9.75. The highest BCUT2D eigenvalue weighted by atomic mass is 32.1. The molecule has 2 unspecified atom stereocenters. The second-order valence-electron chi connectivity index (χ2n) is 7.69. The van der Waals surface area contributed by atoms with Crippen molar-refractivity contribution in [1.29, 1.82) is 0 Å². The van der Waals surface area contributed by atoms with Gasteiger partial charge in [-0.25, -0.2) is 4.79 Å². The molecule has 0 bridgehead atoms. The first-order valence-corrected chi connectivity index (χ1v) is 11.0. The first-order chi connectivity index (χ1) is 15.6. The van der Waals surface area contributed by atoms with E-state index < -0.39 is 17.9 Å². The van der Waals surface area contributed by atoms with Gasteiger partial charge in [-0.1, -0.05) is 72.8 Å². The number of thiol groups is 1. The fourth-order valence-electron chi connectivity index (χ4n) is 3.90. The van der Waals surface area contributed by atoms with Gasteiger partial charge in [-0.05, 0) is 28.3 Å². The fraction of sp³-hybridized carbons (Fsp3) is 0.154. The third-order valence-corrected chi connectivity index (χ3v) is 5.97. The van der Waals surface area contributed by atoms with Crippen LogP contribution in [0.2, 0.25) is 0 Å². The Balaban J connectivity index is 1.54. The van der Waals surface area contributed by atoms with E-state index in [0.717, 1.165) is 33.2 Å². The maximum Gasteiger partial charge on any atom is 0.326 e. The molecular weight excluding hydrogens is 420 g/mol. The van der Waals surface area contributed by atoms with Crippen LogP contribution in [0.4, 0.5) is 0 Å². The van der Waals surface area contributed by atoms with Crippen molar-refractivity contribution in [3.05, 3.63) is 96.2 Å². The van der Waals surface area contributed by atoms with Gasteiger partial charge in [0.05, 0.1) is 5.92 Å². The highest BCUT2D eigenvalue weighted by Gasteiger charge is 2.27. The molecule has 0 spiro atoms. The average Bonchev–Trinajstić information content (AvgIpc) is 3.23. The largest absolute Gasteiger partial charge is 0.480 e. The first kappa shape index (κ1) is 21.7. The Morgan fingerprint density at radius 2 is 1.66 bits per heavy atom. The van der Waals surface area contributed by atoms with E-state index >= 15 is 0 Å². The number of para-hydroxylation sites is 1. The number of carbonyl (C=O) groups excluding carboxylic acids is 1. The Hall–Kier alpha value is -3.51. The summed E-state index contributed by atoms with van der Waals surface area (Å²) in [7, 11) is 0. The van der Waals surface area contributed by atoms with E-state index in [1.165, 1.54) is 0 Å². The fourth-order valence-corrected chi connectivity index (χ4v) is 4.27. The van der Waals surface area contributed by atoms with Crippen LogP contribution in [-0.2, 0) is 16.0 Å². The maximum absolute atomic E-state index is 13.1. The molecule has 4 rings (SSSR count). The number of H-pyrrole nitrogens is 1. The standard InChI is InChI=1S/C26H24N2O3S/c29-25(22(16-32)19-10-6-9-18(13-19)17-7-2-1-3-8-17)28-24(26(30)31)14-20-15-27-23-12-5-4-11-21(20)23/h1-13,15,22,24,27,32H,14,16H2,(H,28,29)(H,30,31). The van der Waals surface area contributed by atoms with Gasteiger partial charge in [0.15, 0.2) is 0 Å². The monoisotopic (exact) mass is 444 g/mol. The van der Waals surface area contributed by atoms with E-state index in [1.807, 2.05) is 78.9 Å². The number of amides is 1. The van der Waals surface area contributed by atoms with Gasteiger partial charge in [0.1, 0.15) is 6.04 Å². The Morgan fingerprint density at radius 1 is 0.938 bits per heavy atom. The highest BCUT2D eigenvalue weighted by Crippen LogP contribution is 2.26. The minimum atomic E-state index is -1.07.